The molecule has 1 aliphatic rings. The Bertz CT molecular complexity index is 1490. The van der Waals surface area contributed by atoms with E-state index in [1.165, 1.54) is 6.08 Å². The van der Waals surface area contributed by atoms with Crippen LogP contribution in [-0.4, -0.2) is 54.2 Å². The van der Waals surface area contributed by atoms with Gasteiger partial charge in [0.1, 0.15) is 12.7 Å². The fourth-order valence-electron chi connectivity index (χ4n) is 5.56. The second-order valence-corrected chi connectivity index (χ2v) is 13.8. The standard InChI is InChI=1S/C37H42NO7P/c1-6-43-33(39)23-15-16-26(4)34(27(5)35(40)38-31(25(2)3)24-44-37(38)42)45-36(41)30-21-13-14-22-32(30)46(28-17-9-7-10-18-28)29-19-11-8-12-20-29/h7-15,17-23,25-27,31,34H,6,16,24H2,1-5H3/b23-15+/t26-,27+,31+,34+/m1/s1. The van der Waals surface area contributed by atoms with Crippen LogP contribution in [0.4, 0.5) is 4.79 Å². The van der Waals surface area contributed by atoms with Crippen molar-refractivity contribution in [2.75, 3.05) is 13.2 Å². The van der Waals surface area contributed by atoms with Gasteiger partial charge in [0.25, 0.3) is 0 Å². The van der Waals surface area contributed by atoms with Gasteiger partial charge in [-0.25, -0.2) is 19.3 Å². The summed E-state index contributed by atoms with van der Waals surface area (Å²) in [5, 5.41) is 2.98. The van der Waals surface area contributed by atoms with Crippen LogP contribution in [-0.2, 0) is 23.8 Å². The Kier molecular flexibility index (Phi) is 12.3. The van der Waals surface area contributed by atoms with Crippen LogP contribution in [0.2, 0.25) is 0 Å². The van der Waals surface area contributed by atoms with Gasteiger partial charge >= 0.3 is 18.0 Å². The molecule has 3 aromatic rings. The normalized spacial score (nSPS) is 16.7. The number of carbonyl (C=O) groups excluding carboxylic acids is 4. The molecular formula is C37H42NO7P. The molecule has 1 fully saturated rings. The number of nitrogens with zero attached hydrogens (tertiary/aromatic N) is 1. The van der Waals surface area contributed by atoms with E-state index in [1.54, 1.807) is 32.1 Å². The van der Waals surface area contributed by atoms with Crippen molar-refractivity contribution in [3.05, 3.63) is 103 Å². The van der Waals surface area contributed by atoms with E-state index < -0.39 is 49.9 Å². The SMILES string of the molecule is CCOC(=O)/C=C/C[C@@H](C)[C@H](OC(=O)c1ccccc1P(c1ccccc1)c1ccccc1)[C@H](C)C(=O)N1C(=O)OC[C@H]1C(C)C. The third-order valence-electron chi connectivity index (χ3n) is 8.04. The molecule has 46 heavy (non-hydrogen) atoms. The number of amides is 2. The molecule has 0 bridgehead atoms. The molecule has 8 nitrogen and oxygen atoms in total. The van der Waals surface area contributed by atoms with Crippen molar-refractivity contribution < 1.29 is 33.4 Å². The number of carbonyl (C=O) groups is 4. The minimum absolute atomic E-state index is 0.0179. The maximum atomic E-state index is 14.2. The highest BCUT2D eigenvalue weighted by atomic mass is 31.1. The molecule has 9 heteroatoms. The van der Waals surface area contributed by atoms with Crippen LogP contribution in [0, 0.1) is 17.8 Å². The number of benzene rings is 3. The summed E-state index contributed by atoms with van der Waals surface area (Å²) in [6.07, 6.45) is 1.70. The summed E-state index contributed by atoms with van der Waals surface area (Å²) in [6, 6.07) is 27.1. The highest BCUT2D eigenvalue weighted by Gasteiger charge is 2.44. The molecule has 1 saturated heterocycles. The molecule has 1 aliphatic heterocycles. The van der Waals surface area contributed by atoms with Gasteiger partial charge in [-0.15, -0.1) is 0 Å². The van der Waals surface area contributed by atoms with Gasteiger partial charge in [0, 0.05) is 6.08 Å². The number of ether oxygens (including phenoxy) is 3. The molecule has 242 valence electrons. The van der Waals surface area contributed by atoms with Crippen molar-refractivity contribution in [2.45, 2.75) is 53.2 Å². The van der Waals surface area contributed by atoms with E-state index in [-0.39, 0.29) is 25.0 Å². The maximum Gasteiger partial charge on any atom is 0.416 e. The molecule has 0 saturated carbocycles. The molecule has 0 radical (unpaired) electrons. The van der Waals surface area contributed by atoms with Gasteiger partial charge in [-0.2, -0.15) is 0 Å². The first-order valence-electron chi connectivity index (χ1n) is 15.7. The summed E-state index contributed by atoms with van der Waals surface area (Å²) in [5.74, 6) is -2.79. The number of imide groups is 1. The van der Waals surface area contributed by atoms with Crippen molar-refractivity contribution >= 4 is 47.8 Å². The monoisotopic (exact) mass is 643 g/mol. The van der Waals surface area contributed by atoms with Gasteiger partial charge in [0.2, 0.25) is 5.91 Å². The number of hydrogen-bond acceptors (Lipinski definition) is 7. The number of hydrogen-bond donors (Lipinski definition) is 0. The van der Waals surface area contributed by atoms with E-state index in [0.717, 1.165) is 20.8 Å². The average molecular weight is 644 g/mol. The lowest BCUT2D eigenvalue weighted by Crippen LogP contribution is -2.48. The predicted molar refractivity (Wildman–Crippen MR) is 180 cm³/mol. The van der Waals surface area contributed by atoms with E-state index >= 15 is 0 Å². The molecule has 4 rings (SSSR count). The van der Waals surface area contributed by atoms with Gasteiger partial charge < -0.3 is 14.2 Å². The predicted octanol–water partition coefficient (Wildman–Crippen LogP) is 5.76. The second kappa shape index (κ2) is 16.3. The molecule has 2 amide bonds. The van der Waals surface area contributed by atoms with Gasteiger partial charge in [-0.3, -0.25) is 4.79 Å². The van der Waals surface area contributed by atoms with Crippen LogP contribution in [0.25, 0.3) is 0 Å². The molecular weight excluding hydrogens is 601 g/mol. The van der Waals surface area contributed by atoms with Crippen LogP contribution in [0.15, 0.2) is 97.1 Å². The maximum absolute atomic E-state index is 14.2. The van der Waals surface area contributed by atoms with E-state index in [1.807, 2.05) is 69.3 Å². The van der Waals surface area contributed by atoms with E-state index in [2.05, 4.69) is 24.3 Å². The summed E-state index contributed by atoms with van der Waals surface area (Å²) in [6.45, 7) is 9.46. The van der Waals surface area contributed by atoms with Crippen LogP contribution in [0.3, 0.4) is 0 Å². The zero-order chi connectivity index (χ0) is 33.2. The Morgan fingerprint density at radius 1 is 0.913 bits per heavy atom. The Labute approximate surface area is 272 Å². The Morgan fingerprint density at radius 2 is 1.50 bits per heavy atom. The molecule has 0 aliphatic carbocycles. The lowest BCUT2D eigenvalue weighted by molar-refractivity contribution is -0.139. The van der Waals surface area contributed by atoms with Crippen molar-refractivity contribution in [1.29, 1.82) is 0 Å². The number of rotatable bonds is 13. The largest absolute Gasteiger partial charge is 0.463 e. The zero-order valence-electron chi connectivity index (χ0n) is 27.0. The smallest absolute Gasteiger partial charge is 0.416 e. The lowest BCUT2D eigenvalue weighted by Gasteiger charge is -2.32. The fraction of sp³-hybridized carbons (Fsp3) is 0.351. The third kappa shape index (κ3) is 8.29. The Hall–Kier alpha value is -4.29. The number of cyclic esters (lactones) is 1. The van der Waals surface area contributed by atoms with Gasteiger partial charge in [-0.1, -0.05) is 106 Å². The molecule has 0 spiro atoms. The summed E-state index contributed by atoms with van der Waals surface area (Å²) in [4.78, 5) is 53.9. The first kappa shape index (κ1) is 34.6. The minimum Gasteiger partial charge on any atom is -0.463 e. The molecule has 0 aromatic heterocycles. The molecule has 3 aromatic carbocycles. The Balaban J connectivity index is 1.69. The van der Waals surface area contributed by atoms with Gasteiger partial charge in [0.05, 0.1) is 24.1 Å². The molecule has 0 N–H and O–H groups in total. The third-order valence-corrected chi connectivity index (χ3v) is 10.5. The molecule has 1 heterocycles. The van der Waals surface area contributed by atoms with Crippen molar-refractivity contribution in [3.8, 4) is 0 Å². The van der Waals surface area contributed by atoms with E-state index in [0.29, 0.717) is 12.0 Å². The molecule has 0 unspecified atom stereocenters. The van der Waals surface area contributed by atoms with Crippen LogP contribution in [0.5, 0.6) is 0 Å². The van der Waals surface area contributed by atoms with E-state index in [9.17, 15) is 19.2 Å². The second-order valence-electron chi connectivity index (χ2n) is 11.6. The first-order valence-corrected chi connectivity index (χ1v) is 17.0. The fourth-order valence-corrected chi connectivity index (χ4v) is 8.00. The quantitative estimate of drug-likeness (QED) is 0.101. The van der Waals surface area contributed by atoms with Gasteiger partial charge in [0.15, 0.2) is 0 Å². The highest BCUT2D eigenvalue weighted by Crippen LogP contribution is 2.35. The minimum atomic E-state index is -1.11. The van der Waals surface area contributed by atoms with Crippen LogP contribution < -0.4 is 15.9 Å². The summed E-state index contributed by atoms with van der Waals surface area (Å²) >= 11 is 0. The summed E-state index contributed by atoms with van der Waals surface area (Å²) in [7, 11) is -1.11. The van der Waals surface area contributed by atoms with Crippen LogP contribution in [0.1, 0.15) is 51.4 Å². The zero-order valence-corrected chi connectivity index (χ0v) is 27.9. The highest BCUT2D eigenvalue weighted by molar-refractivity contribution is 7.80. The summed E-state index contributed by atoms with van der Waals surface area (Å²) in [5.41, 5.74) is 0.404. The Morgan fingerprint density at radius 3 is 2.09 bits per heavy atom. The topological polar surface area (TPSA) is 99.2 Å². The average Bonchev–Trinajstić information content (AvgIpc) is 3.45. The van der Waals surface area contributed by atoms with Crippen LogP contribution >= 0.6 is 7.92 Å². The number of esters is 2. The van der Waals surface area contributed by atoms with E-state index in [4.69, 9.17) is 14.2 Å². The van der Waals surface area contributed by atoms with Crippen molar-refractivity contribution in [3.63, 3.8) is 0 Å². The number of allylic oxidation sites excluding steroid dienone is 1. The first-order chi connectivity index (χ1) is 22.1. The van der Waals surface area contributed by atoms with Crippen molar-refractivity contribution in [2.24, 2.45) is 17.8 Å². The molecule has 4 atom stereocenters. The van der Waals surface area contributed by atoms with Crippen molar-refractivity contribution in [1.82, 2.24) is 4.90 Å². The lowest BCUT2D eigenvalue weighted by atomic mass is 9.89. The van der Waals surface area contributed by atoms with Gasteiger partial charge in [-0.05, 0) is 62.0 Å². The summed E-state index contributed by atoms with van der Waals surface area (Å²) < 4.78 is 16.5.